The second kappa shape index (κ2) is 5.52. The summed E-state index contributed by atoms with van der Waals surface area (Å²) >= 11 is 0. The molecule has 1 aromatic carbocycles. The number of nitrogens with two attached hydrogens (primary N) is 1. The van der Waals surface area contributed by atoms with E-state index in [2.05, 4.69) is 10.1 Å². The van der Waals surface area contributed by atoms with Gasteiger partial charge in [-0.1, -0.05) is 5.16 Å². The second-order valence-electron chi connectivity index (χ2n) is 3.94. The minimum atomic E-state index is -0.963. The fraction of sp³-hybridized carbons (Fsp3) is 0.0769. The quantitative estimate of drug-likeness (QED) is 0.391. The number of oxime groups is 1. The minimum Gasteiger partial charge on any atom is -0.449 e. The van der Waals surface area contributed by atoms with Gasteiger partial charge in [-0.3, -0.25) is 4.98 Å². The Labute approximate surface area is 113 Å². The van der Waals surface area contributed by atoms with Crippen molar-refractivity contribution in [3.8, 4) is 11.5 Å². The van der Waals surface area contributed by atoms with Gasteiger partial charge in [0.1, 0.15) is 5.75 Å². The summed E-state index contributed by atoms with van der Waals surface area (Å²) in [5.74, 6) is -2.66. The number of hydrogen-bond donors (Lipinski definition) is 2. The summed E-state index contributed by atoms with van der Waals surface area (Å²) in [5.41, 5.74) is 5.68. The van der Waals surface area contributed by atoms with Gasteiger partial charge in [0.25, 0.3) is 0 Å². The summed E-state index contributed by atoms with van der Waals surface area (Å²) in [7, 11) is 0. The maximum atomic E-state index is 13.8. The van der Waals surface area contributed by atoms with Crippen molar-refractivity contribution in [3.63, 3.8) is 0 Å². The molecule has 0 aliphatic carbocycles. The third kappa shape index (κ3) is 2.66. The van der Waals surface area contributed by atoms with Crippen LogP contribution in [0, 0.1) is 18.6 Å². The van der Waals surface area contributed by atoms with Gasteiger partial charge in [0.15, 0.2) is 23.2 Å². The molecule has 20 heavy (non-hydrogen) atoms. The van der Waals surface area contributed by atoms with E-state index in [1.807, 2.05) is 0 Å². The Morgan fingerprint density at radius 3 is 2.55 bits per heavy atom. The van der Waals surface area contributed by atoms with E-state index in [0.717, 1.165) is 12.1 Å². The third-order valence-electron chi connectivity index (χ3n) is 2.57. The number of aromatic nitrogens is 1. The number of pyridine rings is 1. The summed E-state index contributed by atoms with van der Waals surface area (Å²) in [6.45, 7) is 1.65. The van der Waals surface area contributed by atoms with Crippen LogP contribution in [0.3, 0.4) is 0 Å². The van der Waals surface area contributed by atoms with Gasteiger partial charge >= 0.3 is 0 Å². The summed E-state index contributed by atoms with van der Waals surface area (Å²) in [6.07, 6.45) is 1.54. The Bertz CT molecular complexity index is 651. The highest BCUT2D eigenvalue weighted by molar-refractivity contribution is 5.97. The third-order valence-corrected chi connectivity index (χ3v) is 2.57. The Morgan fingerprint density at radius 1 is 1.35 bits per heavy atom. The van der Waals surface area contributed by atoms with E-state index >= 15 is 0 Å². The van der Waals surface area contributed by atoms with E-state index in [9.17, 15) is 8.78 Å². The molecule has 2 aromatic rings. The van der Waals surface area contributed by atoms with Crippen molar-refractivity contribution in [2.45, 2.75) is 6.92 Å². The SMILES string of the molecule is Cc1ncccc1Oc1c(F)cc(/C(N)=N/O)cc1F. The minimum absolute atomic E-state index is 0.0854. The number of hydrogen-bond acceptors (Lipinski definition) is 4. The van der Waals surface area contributed by atoms with Crippen molar-refractivity contribution in [3.05, 3.63) is 53.4 Å². The first kappa shape index (κ1) is 13.7. The molecule has 0 aliphatic heterocycles. The van der Waals surface area contributed by atoms with Gasteiger partial charge < -0.3 is 15.7 Å². The Hall–Kier alpha value is -2.70. The van der Waals surface area contributed by atoms with Crippen LogP contribution < -0.4 is 10.5 Å². The van der Waals surface area contributed by atoms with E-state index in [1.165, 1.54) is 6.20 Å². The molecule has 5 nitrogen and oxygen atoms in total. The number of benzene rings is 1. The van der Waals surface area contributed by atoms with Crippen LogP contribution >= 0.6 is 0 Å². The molecule has 0 aliphatic rings. The zero-order chi connectivity index (χ0) is 14.7. The average Bonchev–Trinajstić information content (AvgIpc) is 2.43. The van der Waals surface area contributed by atoms with Crippen LogP contribution in [-0.2, 0) is 0 Å². The lowest BCUT2D eigenvalue weighted by Crippen LogP contribution is -2.14. The Morgan fingerprint density at radius 2 is 2.00 bits per heavy atom. The lowest BCUT2D eigenvalue weighted by Gasteiger charge is -2.10. The molecule has 0 atom stereocenters. The van der Waals surface area contributed by atoms with Gasteiger partial charge in [-0.15, -0.1) is 0 Å². The normalized spacial score (nSPS) is 11.4. The van der Waals surface area contributed by atoms with E-state index in [-0.39, 0.29) is 11.3 Å². The first-order valence-electron chi connectivity index (χ1n) is 5.59. The molecule has 2 rings (SSSR count). The second-order valence-corrected chi connectivity index (χ2v) is 3.94. The lowest BCUT2D eigenvalue weighted by atomic mass is 10.2. The van der Waals surface area contributed by atoms with Crippen LogP contribution in [0.1, 0.15) is 11.3 Å². The summed E-state index contributed by atoms with van der Waals surface area (Å²) in [6, 6.07) is 4.96. The van der Waals surface area contributed by atoms with Gasteiger partial charge in [0.05, 0.1) is 5.69 Å². The smallest absolute Gasteiger partial charge is 0.198 e. The monoisotopic (exact) mass is 279 g/mol. The van der Waals surface area contributed by atoms with Crippen molar-refractivity contribution in [2.24, 2.45) is 10.9 Å². The molecular weight excluding hydrogens is 268 g/mol. The highest BCUT2D eigenvalue weighted by Crippen LogP contribution is 2.29. The fourth-order valence-electron chi connectivity index (χ4n) is 1.55. The molecule has 0 fully saturated rings. The van der Waals surface area contributed by atoms with Gasteiger partial charge in [-0.2, -0.15) is 0 Å². The highest BCUT2D eigenvalue weighted by atomic mass is 19.1. The first-order valence-corrected chi connectivity index (χ1v) is 5.59. The maximum absolute atomic E-state index is 13.8. The summed E-state index contributed by atoms with van der Waals surface area (Å²) < 4.78 is 32.9. The largest absolute Gasteiger partial charge is 0.449 e. The van der Waals surface area contributed by atoms with E-state index < -0.39 is 23.2 Å². The molecule has 0 spiro atoms. The van der Waals surface area contributed by atoms with Crippen LogP contribution in [-0.4, -0.2) is 16.0 Å². The number of halogens is 2. The first-order chi connectivity index (χ1) is 9.52. The van der Waals surface area contributed by atoms with Crippen molar-refractivity contribution in [2.75, 3.05) is 0 Å². The van der Waals surface area contributed by atoms with E-state index in [0.29, 0.717) is 5.69 Å². The van der Waals surface area contributed by atoms with Crippen molar-refractivity contribution in [1.82, 2.24) is 4.98 Å². The Kier molecular flexibility index (Phi) is 3.79. The summed E-state index contributed by atoms with van der Waals surface area (Å²) in [5, 5.41) is 11.2. The predicted molar refractivity (Wildman–Crippen MR) is 67.9 cm³/mol. The molecule has 1 heterocycles. The molecule has 7 heteroatoms. The van der Waals surface area contributed by atoms with Crippen LogP contribution in [0.25, 0.3) is 0 Å². The highest BCUT2D eigenvalue weighted by Gasteiger charge is 2.16. The van der Waals surface area contributed by atoms with E-state index in [1.54, 1.807) is 19.1 Å². The number of amidine groups is 1. The topological polar surface area (TPSA) is 80.7 Å². The molecular formula is C13H11F2N3O2. The average molecular weight is 279 g/mol. The lowest BCUT2D eigenvalue weighted by molar-refractivity contribution is 0.318. The van der Waals surface area contributed by atoms with E-state index in [4.69, 9.17) is 15.7 Å². The molecule has 3 N–H and O–H groups in total. The number of nitrogens with zero attached hydrogens (tertiary/aromatic N) is 2. The van der Waals surface area contributed by atoms with Crippen molar-refractivity contribution >= 4 is 5.84 Å². The summed E-state index contributed by atoms with van der Waals surface area (Å²) in [4.78, 5) is 3.95. The molecule has 104 valence electrons. The van der Waals surface area contributed by atoms with Crippen LogP contribution in [0.2, 0.25) is 0 Å². The predicted octanol–water partition coefficient (Wildman–Crippen LogP) is 2.56. The van der Waals surface area contributed by atoms with Crippen LogP contribution in [0.15, 0.2) is 35.6 Å². The number of ether oxygens (including phenoxy) is 1. The van der Waals surface area contributed by atoms with Crippen molar-refractivity contribution < 1.29 is 18.7 Å². The molecule has 0 amide bonds. The zero-order valence-electron chi connectivity index (χ0n) is 10.5. The van der Waals surface area contributed by atoms with Crippen LogP contribution in [0.5, 0.6) is 11.5 Å². The maximum Gasteiger partial charge on any atom is 0.198 e. The van der Waals surface area contributed by atoms with Crippen molar-refractivity contribution in [1.29, 1.82) is 0 Å². The van der Waals surface area contributed by atoms with Gasteiger partial charge in [0, 0.05) is 11.8 Å². The fourth-order valence-corrected chi connectivity index (χ4v) is 1.55. The molecule has 0 unspecified atom stereocenters. The Balaban J connectivity index is 2.41. The number of aryl methyl sites for hydroxylation is 1. The molecule has 0 saturated heterocycles. The number of rotatable bonds is 3. The molecule has 0 radical (unpaired) electrons. The zero-order valence-corrected chi connectivity index (χ0v) is 10.5. The molecule has 1 aromatic heterocycles. The van der Waals surface area contributed by atoms with Gasteiger partial charge in [0.2, 0.25) is 0 Å². The molecule has 0 saturated carbocycles. The standard InChI is InChI=1S/C13H11F2N3O2/c1-7-11(3-2-4-17-7)20-12-9(14)5-8(6-10(12)15)13(16)18-19/h2-6,19H,1H3,(H2,16,18). The van der Waals surface area contributed by atoms with Gasteiger partial charge in [-0.05, 0) is 31.2 Å². The van der Waals surface area contributed by atoms with Crippen LogP contribution in [0.4, 0.5) is 8.78 Å². The molecule has 0 bridgehead atoms. The van der Waals surface area contributed by atoms with Gasteiger partial charge in [-0.25, -0.2) is 8.78 Å².